The molecule has 0 aliphatic heterocycles. The van der Waals surface area contributed by atoms with Gasteiger partial charge in [-0.3, -0.25) is 4.79 Å². The molecule has 0 saturated carbocycles. The Morgan fingerprint density at radius 1 is 1.00 bits per heavy atom. The van der Waals surface area contributed by atoms with Crippen LogP contribution in [0.1, 0.15) is 32.6 Å². The molecule has 0 bridgehead atoms. The number of sulfonamides is 1. The molecule has 6 heteroatoms. The summed E-state index contributed by atoms with van der Waals surface area (Å²) in [5.74, 6) is -0.326. The van der Waals surface area contributed by atoms with Gasteiger partial charge in [0.05, 0.1) is 5.75 Å². The minimum atomic E-state index is -3.53. The molecule has 0 heterocycles. The number of aryl methyl sites for hydroxylation is 2. The smallest absolute Gasteiger partial charge is 0.251 e. The van der Waals surface area contributed by atoms with E-state index in [0.29, 0.717) is 17.7 Å². The van der Waals surface area contributed by atoms with Crippen LogP contribution in [0, 0.1) is 13.8 Å². The van der Waals surface area contributed by atoms with Gasteiger partial charge in [-0.1, -0.05) is 41.5 Å². The van der Waals surface area contributed by atoms with Crippen LogP contribution < -0.4 is 10.5 Å². The van der Waals surface area contributed by atoms with Crippen molar-refractivity contribution in [2.24, 2.45) is 5.14 Å². The predicted octanol–water partition coefficient (Wildman–Crippen LogP) is 2.02. The number of nitrogens with one attached hydrogen (secondary N) is 1. The first-order valence-corrected chi connectivity index (χ1v) is 8.89. The SMILES string of the molecule is Cc1cc(C)cc(C(=O)NCc2ccc(CS(N)(=O)=O)cc2)c1. The van der Waals surface area contributed by atoms with Gasteiger partial charge in [-0.25, -0.2) is 13.6 Å². The number of carbonyl (C=O) groups is 1. The van der Waals surface area contributed by atoms with Crippen LogP contribution in [0.25, 0.3) is 0 Å². The van der Waals surface area contributed by atoms with E-state index in [1.54, 1.807) is 24.3 Å². The second-order valence-electron chi connectivity index (χ2n) is 5.68. The summed E-state index contributed by atoms with van der Waals surface area (Å²) in [6.45, 7) is 4.28. The summed E-state index contributed by atoms with van der Waals surface area (Å²) < 4.78 is 22.1. The molecular weight excluding hydrogens is 312 g/mol. The normalized spacial score (nSPS) is 11.3. The van der Waals surface area contributed by atoms with E-state index < -0.39 is 10.0 Å². The summed E-state index contributed by atoms with van der Waals surface area (Å²) in [6, 6.07) is 12.7. The van der Waals surface area contributed by atoms with Gasteiger partial charge in [-0.05, 0) is 37.1 Å². The lowest BCUT2D eigenvalue weighted by Crippen LogP contribution is -2.23. The van der Waals surface area contributed by atoms with Crippen LogP contribution in [0.4, 0.5) is 0 Å². The van der Waals surface area contributed by atoms with Gasteiger partial charge in [0, 0.05) is 12.1 Å². The van der Waals surface area contributed by atoms with E-state index >= 15 is 0 Å². The number of primary sulfonamides is 1. The molecule has 0 fully saturated rings. The first-order valence-electron chi connectivity index (χ1n) is 7.18. The molecule has 0 spiro atoms. The molecule has 3 N–H and O–H groups in total. The molecule has 2 aromatic carbocycles. The van der Waals surface area contributed by atoms with Crippen molar-refractivity contribution in [3.05, 3.63) is 70.3 Å². The highest BCUT2D eigenvalue weighted by atomic mass is 32.2. The molecule has 0 aromatic heterocycles. The largest absolute Gasteiger partial charge is 0.348 e. The van der Waals surface area contributed by atoms with Crippen molar-refractivity contribution >= 4 is 15.9 Å². The highest BCUT2D eigenvalue weighted by Gasteiger charge is 2.07. The fourth-order valence-corrected chi connectivity index (χ4v) is 3.03. The number of nitrogens with two attached hydrogens (primary N) is 1. The molecule has 0 aliphatic rings. The maximum absolute atomic E-state index is 12.2. The van der Waals surface area contributed by atoms with Crippen LogP contribution in [0.2, 0.25) is 0 Å². The standard InChI is InChI=1S/C17H20N2O3S/c1-12-7-13(2)9-16(8-12)17(20)19-10-14-3-5-15(6-4-14)11-23(18,21)22/h3-9H,10-11H2,1-2H3,(H,19,20)(H2,18,21,22). The average molecular weight is 332 g/mol. The van der Waals surface area contributed by atoms with Gasteiger partial charge < -0.3 is 5.32 Å². The number of hydrogen-bond donors (Lipinski definition) is 2. The van der Waals surface area contributed by atoms with Gasteiger partial charge in [0.1, 0.15) is 0 Å². The molecule has 0 unspecified atom stereocenters. The predicted molar refractivity (Wildman–Crippen MR) is 90.3 cm³/mol. The Labute approximate surface area is 136 Å². The Hall–Kier alpha value is -2.18. The van der Waals surface area contributed by atoms with Crippen LogP contribution in [0.3, 0.4) is 0 Å². The fourth-order valence-electron chi connectivity index (χ4n) is 2.38. The third-order valence-electron chi connectivity index (χ3n) is 3.33. The molecule has 0 saturated heterocycles. The number of amides is 1. The van der Waals surface area contributed by atoms with E-state index in [-0.39, 0.29) is 11.7 Å². The summed E-state index contributed by atoms with van der Waals surface area (Å²) >= 11 is 0. The summed E-state index contributed by atoms with van der Waals surface area (Å²) in [5.41, 5.74) is 4.23. The van der Waals surface area contributed by atoms with Gasteiger partial charge in [0.2, 0.25) is 10.0 Å². The first-order chi connectivity index (χ1) is 10.7. The van der Waals surface area contributed by atoms with E-state index in [4.69, 9.17) is 5.14 Å². The second kappa shape index (κ2) is 6.93. The third-order valence-corrected chi connectivity index (χ3v) is 4.06. The zero-order valence-electron chi connectivity index (χ0n) is 13.2. The first kappa shape index (κ1) is 17.2. The average Bonchev–Trinajstić information content (AvgIpc) is 2.43. The van der Waals surface area contributed by atoms with Crippen LogP contribution in [0.15, 0.2) is 42.5 Å². The molecule has 23 heavy (non-hydrogen) atoms. The highest BCUT2D eigenvalue weighted by Crippen LogP contribution is 2.10. The van der Waals surface area contributed by atoms with Gasteiger partial charge in [-0.15, -0.1) is 0 Å². The van der Waals surface area contributed by atoms with Crippen LogP contribution >= 0.6 is 0 Å². The number of carbonyl (C=O) groups excluding carboxylic acids is 1. The van der Waals surface area contributed by atoms with Crippen LogP contribution in [-0.2, 0) is 22.3 Å². The van der Waals surface area contributed by atoms with Gasteiger partial charge in [0.15, 0.2) is 0 Å². The van der Waals surface area contributed by atoms with E-state index in [9.17, 15) is 13.2 Å². The van der Waals surface area contributed by atoms with E-state index in [0.717, 1.165) is 16.7 Å². The Morgan fingerprint density at radius 3 is 2.04 bits per heavy atom. The number of hydrogen-bond acceptors (Lipinski definition) is 3. The van der Waals surface area contributed by atoms with Crippen molar-refractivity contribution in [3.8, 4) is 0 Å². The van der Waals surface area contributed by atoms with Crippen molar-refractivity contribution in [2.45, 2.75) is 26.1 Å². The van der Waals surface area contributed by atoms with Crippen molar-refractivity contribution in [2.75, 3.05) is 0 Å². The van der Waals surface area contributed by atoms with Gasteiger partial charge in [0.25, 0.3) is 5.91 Å². The topological polar surface area (TPSA) is 89.3 Å². The molecular formula is C17H20N2O3S. The number of rotatable bonds is 5. The van der Waals surface area contributed by atoms with Crippen molar-refractivity contribution in [1.82, 2.24) is 5.32 Å². The molecule has 0 atom stereocenters. The summed E-state index contributed by atoms with van der Waals surface area (Å²) in [7, 11) is -3.53. The third kappa shape index (κ3) is 5.50. The lowest BCUT2D eigenvalue weighted by molar-refractivity contribution is 0.0950. The zero-order chi connectivity index (χ0) is 17.0. The summed E-state index contributed by atoms with van der Waals surface area (Å²) in [6.07, 6.45) is 0. The molecule has 122 valence electrons. The molecule has 5 nitrogen and oxygen atoms in total. The van der Waals surface area contributed by atoms with Gasteiger partial charge >= 0.3 is 0 Å². The minimum absolute atomic E-state index is 0.134. The van der Waals surface area contributed by atoms with Crippen LogP contribution in [0.5, 0.6) is 0 Å². The Balaban J connectivity index is 1.99. The molecule has 0 aliphatic carbocycles. The minimum Gasteiger partial charge on any atom is -0.348 e. The van der Waals surface area contributed by atoms with E-state index in [2.05, 4.69) is 5.32 Å². The van der Waals surface area contributed by atoms with Crippen LogP contribution in [-0.4, -0.2) is 14.3 Å². The Kier molecular flexibility index (Phi) is 5.18. The highest BCUT2D eigenvalue weighted by molar-refractivity contribution is 7.88. The lowest BCUT2D eigenvalue weighted by Gasteiger charge is -2.08. The van der Waals surface area contributed by atoms with Crippen molar-refractivity contribution < 1.29 is 13.2 Å². The zero-order valence-corrected chi connectivity index (χ0v) is 14.0. The fraction of sp³-hybridized carbons (Fsp3) is 0.235. The van der Waals surface area contributed by atoms with Crippen molar-refractivity contribution in [1.29, 1.82) is 0 Å². The van der Waals surface area contributed by atoms with Gasteiger partial charge in [-0.2, -0.15) is 0 Å². The quantitative estimate of drug-likeness (QED) is 0.878. The van der Waals surface area contributed by atoms with E-state index in [1.807, 2.05) is 32.0 Å². The molecule has 0 radical (unpaired) electrons. The van der Waals surface area contributed by atoms with Crippen molar-refractivity contribution in [3.63, 3.8) is 0 Å². The lowest BCUT2D eigenvalue weighted by atomic mass is 10.1. The maximum Gasteiger partial charge on any atom is 0.251 e. The molecule has 2 aromatic rings. The number of benzene rings is 2. The monoisotopic (exact) mass is 332 g/mol. The summed E-state index contributed by atoms with van der Waals surface area (Å²) in [4.78, 5) is 12.2. The molecule has 2 rings (SSSR count). The summed E-state index contributed by atoms with van der Waals surface area (Å²) in [5, 5.41) is 7.86. The van der Waals surface area contributed by atoms with E-state index in [1.165, 1.54) is 0 Å². The Bertz CT molecular complexity index is 792. The second-order valence-corrected chi connectivity index (χ2v) is 7.30. The maximum atomic E-state index is 12.2. The molecule has 1 amide bonds. The Morgan fingerprint density at radius 2 is 1.52 bits per heavy atom.